The van der Waals surface area contributed by atoms with Gasteiger partial charge in [-0.1, -0.05) is 36.9 Å². The van der Waals surface area contributed by atoms with E-state index in [0.29, 0.717) is 35.0 Å². The molecule has 4 N–H and O–H groups in total. The normalized spacial score (nSPS) is 23.3. The maximum Gasteiger partial charge on any atom is 0.256 e. The van der Waals surface area contributed by atoms with E-state index < -0.39 is 6.17 Å². The number of methoxy groups -OCH3 is 1. The maximum absolute atomic E-state index is 13.0. The Bertz CT molecular complexity index is 947. The van der Waals surface area contributed by atoms with Gasteiger partial charge in [0.05, 0.1) is 23.3 Å². The van der Waals surface area contributed by atoms with Crippen LogP contribution in [0.5, 0.6) is 0 Å². The van der Waals surface area contributed by atoms with Crippen LogP contribution in [0.1, 0.15) is 55.8 Å². The Morgan fingerprint density at radius 1 is 1.25 bits per heavy atom. The summed E-state index contributed by atoms with van der Waals surface area (Å²) < 4.78 is 5.89. The van der Waals surface area contributed by atoms with E-state index in [2.05, 4.69) is 15.5 Å². The second-order valence-electron chi connectivity index (χ2n) is 9.08. The van der Waals surface area contributed by atoms with Crippen molar-refractivity contribution in [1.82, 2.24) is 15.6 Å². The molecule has 32 heavy (non-hydrogen) atoms. The van der Waals surface area contributed by atoms with Gasteiger partial charge in [-0.2, -0.15) is 0 Å². The zero-order valence-electron chi connectivity index (χ0n) is 18.9. The van der Waals surface area contributed by atoms with Crippen LogP contribution in [0.25, 0.3) is 10.9 Å². The number of halogens is 1. The van der Waals surface area contributed by atoms with Crippen molar-refractivity contribution in [3.8, 4) is 0 Å². The summed E-state index contributed by atoms with van der Waals surface area (Å²) in [5.74, 6) is 0.423. The average molecular weight is 460 g/mol. The fourth-order valence-corrected chi connectivity index (χ4v) is 5.10. The number of hydrogen-bond acceptors (Lipinski definition) is 6. The number of anilines is 1. The molecule has 2 heterocycles. The van der Waals surface area contributed by atoms with E-state index in [-0.39, 0.29) is 12.0 Å². The molecular weight excluding hydrogens is 426 g/mol. The number of carbonyl (C=O) groups is 1. The number of pyridine rings is 1. The van der Waals surface area contributed by atoms with Crippen molar-refractivity contribution in [3.05, 3.63) is 34.9 Å². The van der Waals surface area contributed by atoms with Gasteiger partial charge in [0.25, 0.3) is 5.91 Å². The van der Waals surface area contributed by atoms with E-state index in [1.54, 1.807) is 14.0 Å². The second kappa shape index (κ2) is 10.3. The molecule has 1 amide bonds. The number of aromatic nitrogens is 1. The number of piperidine rings is 1. The van der Waals surface area contributed by atoms with Crippen molar-refractivity contribution in [1.29, 1.82) is 0 Å². The molecule has 2 unspecified atom stereocenters. The largest absolute Gasteiger partial charge is 0.378 e. The highest BCUT2D eigenvalue weighted by Crippen LogP contribution is 2.29. The third kappa shape index (κ3) is 5.34. The quantitative estimate of drug-likeness (QED) is 0.573. The molecule has 1 saturated heterocycles. The van der Waals surface area contributed by atoms with Crippen LogP contribution in [0.4, 0.5) is 5.82 Å². The number of nitrogens with one attached hydrogen (secondary N) is 2. The maximum atomic E-state index is 13.0. The summed E-state index contributed by atoms with van der Waals surface area (Å²) in [7, 11) is 1.76. The summed E-state index contributed by atoms with van der Waals surface area (Å²) >= 11 is 6.21. The Kier molecular flexibility index (Phi) is 7.51. The van der Waals surface area contributed by atoms with E-state index >= 15 is 0 Å². The lowest BCUT2D eigenvalue weighted by Gasteiger charge is -2.41. The van der Waals surface area contributed by atoms with Crippen molar-refractivity contribution in [2.75, 3.05) is 25.1 Å². The van der Waals surface area contributed by atoms with Crippen LogP contribution in [-0.2, 0) is 4.74 Å². The lowest BCUT2D eigenvalue weighted by molar-refractivity contribution is 0.0533. The monoisotopic (exact) mass is 459 g/mol. The van der Waals surface area contributed by atoms with Crippen LogP contribution < -0.4 is 21.3 Å². The zero-order valence-corrected chi connectivity index (χ0v) is 19.7. The minimum absolute atomic E-state index is 0.0203. The number of fused-ring (bicyclic) bond motifs is 1. The van der Waals surface area contributed by atoms with E-state index in [0.717, 1.165) is 23.9 Å². The second-order valence-corrected chi connectivity index (χ2v) is 9.51. The zero-order chi connectivity index (χ0) is 22.7. The highest BCUT2D eigenvalue weighted by Gasteiger charge is 2.33. The first kappa shape index (κ1) is 23.2. The third-order valence-corrected chi connectivity index (χ3v) is 6.81. The number of ether oxygens (including phenoxy) is 1. The Morgan fingerprint density at radius 2 is 2.03 bits per heavy atom. The van der Waals surface area contributed by atoms with Gasteiger partial charge < -0.3 is 26.0 Å². The van der Waals surface area contributed by atoms with Crippen LogP contribution in [0.3, 0.4) is 0 Å². The van der Waals surface area contributed by atoms with Crippen LogP contribution in [0.2, 0.25) is 5.02 Å². The molecule has 7 nitrogen and oxygen atoms in total. The number of hydrogen-bond donors (Lipinski definition) is 3. The van der Waals surface area contributed by atoms with Gasteiger partial charge >= 0.3 is 0 Å². The summed E-state index contributed by atoms with van der Waals surface area (Å²) in [5.41, 5.74) is 7.11. The minimum atomic E-state index is -0.451. The van der Waals surface area contributed by atoms with E-state index in [1.165, 1.54) is 32.1 Å². The number of nitrogens with zero attached hydrogens (tertiary/aromatic N) is 2. The average Bonchev–Trinajstić information content (AvgIpc) is 2.78. The molecule has 2 fully saturated rings. The summed E-state index contributed by atoms with van der Waals surface area (Å²) in [6.07, 6.45) is 6.93. The van der Waals surface area contributed by atoms with Gasteiger partial charge in [-0.15, -0.1) is 0 Å². The highest BCUT2D eigenvalue weighted by atomic mass is 35.5. The summed E-state index contributed by atoms with van der Waals surface area (Å²) in [6.45, 7) is 3.20. The summed E-state index contributed by atoms with van der Waals surface area (Å²) in [5, 5.41) is 8.14. The van der Waals surface area contributed by atoms with Crippen LogP contribution >= 0.6 is 11.6 Å². The molecule has 1 aliphatic heterocycles. The van der Waals surface area contributed by atoms with E-state index in [4.69, 9.17) is 27.1 Å². The molecule has 0 spiro atoms. The third-order valence-electron chi connectivity index (χ3n) is 6.58. The smallest absolute Gasteiger partial charge is 0.256 e. The Balaban J connectivity index is 1.60. The van der Waals surface area contributed by atoms with Gasteiger partial charge in [0, 0.05) is 42.7 Å². The van der Waals surface area contributed by atoms with Gasteiger partial charge in [0.15, 0.2) is 0 Å². The molecule has 1 saturated carbocycles. The van der Waals surface area contributed by atoms with Gasteiger partial charge in [-0.05, 0) is 44.4 Å². The minimum Gasteiger partial charge on any atom is -0.378 e. The van der Waals surface area contributed by atoms with Gasteiger partial charge in [0.2, 0.25) is 0 Å². The van der Waals surface area contributed by atoms with Gasteiger partial charge in [-0.25, -0.2) is 4.98 Å². The van der Waals surface area contributed by atoms with Crippen molar-refractivity contribution < 1.29 is 9.53 Å². The molecule has 0 radical (unpaired) electrons. The predicted octanol–water partition coefficient (Wildman–Crippen LogP) is 3.44. The van der Waals surface area contributed by atoms with Crippen molar-refractivity contribution in [2.24, 2.45) is 5.73 Å². The molecule has 2 aliphatic rings. The van der Waals surface area contributed by atoms with Crippen molar-refractivity contribution in [2.45, 2.75) is 69.8 Å². The van der Waals surface area contributed by atoms with Gasteiger partial charge in [0.1, 0.15) is 5.82 Å². The molecule has 8 heteroatoms. The standard InChI is InChI=1S/C24H34ClN5O2/c1-15(26)27-24(31)19-12-16-8-9-17(25)13-21(16)29-23(19)30-11-10-20(22(14-30)32-2)28-18-6-4-3-5-7-18/h8-9,12-13,15,18,20,22,28H,3-7,10-11,14,26H2,1-2H3,(H,27,31)/t15?,20?,22-/m0/s1. The summed E-state index contributed by atoms with van der Waals surface area (Å²) in [4.78, 5) is 20.0. The fraction of sp³-hybridized carbons (Fsp3) is 0.583. The number of carbonyl (C=O) groups excluding carboxylic acids is 1. The van der Waals surface area contributed by atoms with Crippen LogP contribution in [0, 0.1) is 0 Å². The predicted molar refractivity (Wildman–Crippen MR) is 129 cm³/mol. The molecule has 2 aromatic rings. The van der Waals surface area contributed by atoms with Crippen molar-refractivity contribution in [3.63, 3.8) is 0 Å². The molecule has 1 aromatic carbocycles. The fourth-order valence-electron chi connectivity index (χ4n) is 4.93. The first-order chi connectivity index (χ1) is 15.4. The number of nitrogens with two attached hydrogens (primary N) is 1. The molecule has 4 rings (SSSR count). The molecule has 0 bridgehead atoms. The first-order valence-corrected chi connectivity index (χ1v) is 12.0. The highest BCUT2D eigenvalue weighted by molar-refractivity contribution is 6.31. The Morgan fingerprint density at radius 3 is 2.75 bits per heavy atom. The molecule has 1 aromatic heterocycles. The Hall–Kier alpha value is -1.93. The lowest BCUT2D eigenvalue weighted by atomic mass is 9.92. The van der Waals surface area contributed by atoms with Crippen LogP contribution in [0.15, 0.2) is 24.3 Å². The number of rotatable bonds is 6. The molecule has 1 aliphatic carbocycles. The first-order valence-electron chi connectivity index (χ1n) is 11.6. The molecular formula is C24H34ClN5O2. The number of amides is 1. The van der Waals surface area contributed by atoms with E-state index in [1.807, 2.05) is 24.3 Å². The summed E-state index contributed by atoms with van der Waals surface area (Å²) in [6, 6.07) is 8.28. The van der Waals surface area contributed by atoms with Crippen molar-refractivity contribution >= 4 is 34.2 Å². The molecule has 3 atom stereocenters. The lowest BCUT2D eigenvalue weighted by Crippen LogP contribution is -2.56. The van der Waals surface area contributed by atoms with Gasteiger partial charge in [-0.3, -0.25) is 4.79 Å². The van der Waals surface area contributed by atoms with E-state index in [9.17, 15) is 4.79 Å². The van der Waals surface area contributed by atoms with Crippen LogP contribution in [-0.4, -0.2) is 55.4 Å². The number of benzene rings is 1. The topological polar surface area (TPSA) is 92.5 Å². The Labute approximate surface area is 195 Å². The SMILES string of the molecule is CO[C@H]1CN(c2nc3cc(Cl)ccc3cc2C(=O)NC(C)N)CCC1NC1CCCCC1. The molecule has 174 valence electrons.